The highest BCUT2D eigenvalue weighted by Gasteiger charge is 2.39. The maximum absolute atomic E-state index is 13.3. The standard InChI is InChI=1S/C28H34N4O5/c1-19-6-2-3-8-23(19)30-28(37)29-21-12-10-20(11-13-21)18-25(33)32-17-5-9-24(32)27(36)31-16-4-7-22(31)14-15-26(34)35/h2-3,6,8,10-13,22,24H,4-5,7,9,14-18H2,1H3,(H,34,35)(H2,29,30,37). The van der Waals surface area contributed by atoms with Gasteiger partial charge in [-0.15, -0.1) is 0 Å². The minimum Gasteiger partial charge on any atom is -0.481 e. The van der Waals surface area contributed by atoms with E-state index in [0.29, 0.717) is 31.6 Å². The fourth-order valence-corrected chi connectivity index (χ4v) is 5.21. The molecule has 0 aliphatic carbocycles. The largest absolute Gasteiger partial charge is 0.481 e. The van der Waals surface area contributed by atoms with Crippen molar-refractivity contribution in [1.29, 1.82) is 0 Å². The topological polar surface area (TPSA) is 119 Å². The number of aliphatic carboxylic acids is 1. The predicted molar refractivity (Wildman–Crippen MR) is 140 cm³/mol. The number of amides is 4. The summed E-state index contributed by atoms with van der Waals surface area (Å²) >= 11 is 0. The van der Waals surface area contributed by atoms with Crippen LogP contribution in [0.4, 0.5) is 16.2 Å². The monoisotopic (exact) mass is 506 g/mol. The minimum atomic E-state index is -0.856. The molecule has 2 aromatic rings. The van der Waals surface area contributed by atoms with Gasteiger partial charge in [0.25, 0.3) is 0 Å². The van der Waals surface area contributed by atoms with Crippen molar-refractivity contribution in [1.82, 2.24) is 9.80 Å². The van der Waals surface area contributed by atoms with Crippen molar-refractivity contribution < 1.29 is 24.3 Å². The Balaban J connectivity index is 1.32. The molecule has 2 unspecified atom stereocenters. The molecule has 2 aliphatic heterocycles. The average Bonchev–Trinajstić information content (AvgIpc) is 3.55. The van der Waals surface area contributed by atoms with Gasteiger partial charge in [-0.25, -0.2) is 4.79 Å². The third-order valence-corrected chi connectivity index (χ3v) is 7.17. The summed E-state index contributed by atoms with van der Waals surface area (Å²) in [5.74, 6) is -1.02. The van der Waals surface area contributed by atoms with E-state index in [4.69, 9.17) is 5.11 Å². The molecular weight excluding hydrogens is 472 g/mol. The lowest BCUT2D eigenvalue weighted by atomic mass is 10.1. The first-order valence-corrected chi connectivity index (χ1v) is 12.9. The zero-order valence-corrected chi connectivity index (χ0v) is 21.1. The molecule has 0 saturated carbocycles. The number of carbonyl (C=O) groups excluding carboxylic acids is 3. The molecule has 2 atom stereocenters. The quantitative estimate of drug-likeness (QED) is 0.500. The van der Waals surface area contributed by atoms with Crippen molar-refractivity contribution in [3.05, 3.63) is 59.7 Å². The highest BCUT2D eigenvalue weighted by Crippen LogP contribution is 2.27. The minimum absolute atomic E-state index is 0.0418. The number of anilines is 2. The predicted octanol–water partition coefficient (Wildman–Crippen LogP) is 4.03. The SMILES string of the molecule is Cc1ccccc1NC(=O)Nc1ccc(CC(=O)N2CCCC2C(=O)N2CCCC2CCC(=O)O)cc1. The molecule has 0 aromatic heterocycles. The van der Waals surface area contributed by atoms with E-state index in [-0.39, 0.29) is 36.7 Å². The van der Waals surface area contributed by atoms with Gasteiger partial charge in [-0.2, -0.15) is 0 Å². The van der Waals surface area contributed by atoms with Crippen LogP contribution in [0.2, 0.25) is 0 Å². The number of aryl methyl sites for hydroxylation is 1. The summed E-state index contributed by atoms with van der Waals surface area (Å²) < 4.78 is 0. The van der Waals surface area contributed by atoms with Gasteiger partial charge in [-0.1, -0.05) is 30.3 Å². The maximum atomic E-state index is 13.3. The van der Waals surface area contributed by atoms with Crippen LogP contribution in [-0.2, 0) is 20.8 Å². The van der Waals surface area contributed by atoms with Gasteiger partial charge in [-0.05, 0) is 68.4 Å². The number of urea groups is 1. The van der Waals surface area contributed by atoms with Crippen LogP contribution in [0.1, 0.15) is 49.7 Å². The Hall–Kier alpha value is -3.88. The van der Waals surface area contributed by atoms with E-state index in [1.807, 2.05) is 31.2 Å². The summed E-state index contributed by atoms with van der Waals surface area (Å²) in [4.78, 5) is 53.2. The molecule has 9 nitrogen and oxygen atoms in total. The van der Waals surface area contributed by atoms with E-state index in [1.54, 1.807) is 34.1 Å². The summed E-state index contributed by atoms with van der Waals surface area (Å²) in [6, 6.07) is 13.7. The number of hydrogen-bond acceptors (Lipinski definition) is 4. The second-order valence-corrected chi connectivity index (χ2v) is 9.77. The van der Waals surface area contributed by atoms with Crippen LogP contribution in [0.15, 0.2) is 48.5 Å². The van der Waals surface area contributed by atoms with Crippen LogP contribution in [0.3, 0.4) is 0 Å². The lowest BCUT2D eigenvalue weighted by Gasteiger charge is -2.31. The smallest absolute Gasteiger partial charge is 0.323 e. The van der Waals surface area contributed by atoms with Gasteiger partial charge in [-0.3, -0.25) is 14.4 Å². The lowest BCUT2D eigenvalue weighted by Crippen LogP contribution is -2.49. The van der Waals surface area contributed by atoms with Gasteiger partial charge >= 0.3 is 12.0 Å². The fourth-order valence-electron chi connectivity index (χ4n) is 5.21. The molecule has 2 saturated heterocycles. The molecular formula is C28H34N4O5. The van der Waals surface area contributed by atoms with Crippen molar-refractivity contribution in [2.45, 2.75) is 64.0 Å². The molecule has 0 spiro atoms. The number of carboxylic acids is 1. The normalized spacial score (nSPS) is 19.1. The number of nitrogens with one attached hydrogen (secondary N) is 2. The van der Waals surface area contributed by atoms with Crippen LogP contribution in [-0.4, -0.2) is 63.9 Å². The van der Waals surface area contributed by atoms with E-state index in [1.165, 1.54) is 0 Å². The number of likely N-dealkylation sites (tertiary alicyclic amines) is 2. The number of rotatable bonds is 8. The summed E-state index contributed by atoms with van der Waals surface area (Å²) in [5.41, 5.74) is 3.11. The van der Waals surface area contributed by atoms with Gasteiger partial charge in [0.05, 0.1) is 6.42 Å². The molecule has 0 radical (unpaired) electrons. The number of hydrogen-bond donors (Lipinski definition) is 3. The van der Waals surface area contributed by atoms with Gasteiger partial charge in [0.2, 0.25) is 11.8 Å². The molecule has 2 aromatic carbocycles. The molecule has 9 heteroatoms. The molecule has 196 valence electrons. The average molecular weight is 507 g/mol. The van der Waals surface area contributed by atoms with Crippen LogP contribution in [0, 0.1) is 6.92 Å². The highest BCUT2D eigenvalue weighted by molar-refractivity contribution is 6.00. The number of benzene rings is 2. The number of para-hydroxylation sites is 1. The Morgan fingerprint density at radius 1 is 0.919 bits per heavy atom. The van der Waals surface area contributed by atoms with Gasteiger partial charge in [0.15, 0.2) is 0 Å². The van der Waals surface area contributed by atoms with E-state index in [9.17, 15) is 19.2 Å². The van der Waals surface area contributed by atoms with Crippen molar-refractivity contribution in [2.75, 3.05) is 23.7 Å². The Kier molecular flexibility index (Phi) is 8.43. The van der Waals surface area contributed by atoms with Crippen molar-refractivity contribution in [3.63, 3.8) is 0 Å². The maximum Gasteiger partial charge on any atom is 0.323 e. The van der Waals surface area contributed by atoms with Gasteiger partial charge < -0.3 is 25.5 Å². The third kappa shape index (κ3) is 6.67. The van der Waals surface area contributed by atoms with E-state index < -0.39 is 12.0 Å². The molecule has 4 rings (SSSR count). The number of nitrogens with zero attached hydrogens (tertiary/aromatic N) is 2. The van der Waals surface area contributed by atoms with Gasteiger partial charge in [0.1, 0.15) is 6.04 Å². The molecule has 4 amide bonds. The molecule has 2 aliphatic rings. The first-order valence-electron chi connectivity index (χ1n) is 12.9. The van der Waals surface area contributed by atoms with Crippen molar-refractivity contribution in [3.8, 4) is 0 Å². The molecule has 2 fully saturated rings. The zero-order valence-electron chi connectivity index (χ0n) is 21.1. The summed E-state index contributed by atoms with van der Waals surface area (Å²) in [6.45, 7) is 3.08. The summed E-state index contributed by atoms with van der Waals surface area (Å²) in [5, 5.41) is 14.6. The molecule has 37 heavy (non-hydrogen) atoms. The van der Waals surface area contributed by atoms with Crippen LogP contribution < -0.4 is 10.6 Å². The first-order chi connectivity index (χ1) is 17.8. The highest BCUT2D eigenvalue weighted by atomic mass is 16.4. The second-order valence-electron chi connectivity index (χ2n) is 9.77. The summed E-state index contributed by atoms with van der Waals surface area (Å²) in [7, 11) is 0. The second kappa shape index (κ2) is 11.9. The van der Waals surface area contributed by atoms with Crippen LogP contribution >= 0.6 is 0 Å². The Morgan fingerprint density at radius 2 is 1.62 bits per heavy atom. The third-order valence-electron chi connectivity index (χ3n) is 7.17. The lowest BCUT2D eigenvalue weighted by molar-refractivity contribution is -0.144. The van der Waals surface area contributed by atoms with Crippen molar-refractivity contribution in [2.24, 2.45) is 0 Å². The summed E-state index contributed by atoms with van der Waals surface area (Å²) in [6.07, 6.45) is 3.73. The number of carboxylic acid groups (broad SMARTS) is 1. The number of carbonyl (C=O) groups is 4. The van der Waals surface area contributed by atoms with E-state index in [2.05, 4.69) is 10.6 Å². The Labute approximate surface area is 216 Å². The van der Waals surface area contributed by atoms with E-state index in [0.717, 1.165) is 36.1 Å². The zero-order chi connectivity index (χ0) is 26.4. The van der Waals surface area contributed by atoms with Crippen molar-refractivity contribution >= 4 is 35.2 Å². The van der Waals surface area contributed by atoms with Crippen LogP contribution in [0.5, 0.6) is 0 Å². The van der Waals surface area contributed by atoms with Crippen LogP contribution in [0.25, 0.3) is 0 Å². The molecule has 3 N–H and O–H groups in total. The molecule has 2 heterocycles. The first kappa shape index (κ1) is 26.2. The fraction of sp³-hybridized carbons (Fsp3) is 0.429. The van der Waals surface area contributed by atoms with E-state index >= 15 is 0 Å². The Bertz CT molecular complexity index is 1150. The Morgan fingerprint density at radius 3 is 2.35 bits per heavy atom. The van der Waals surface area contributed by atoms with Gasteiger partial charge in [0, 0.05) is 36.9 Å². The molecule has 0 bridgehead atoms.